The second-order valence-electron chi connectivity index (χ2n) is 4.09. The van der Waals surface area contributed by atoms with Gasteiger partial charge in [-0.1, -0.05) is 0 Å². The number of rotatable bonds is 4. The molecule has 0 heterocycles. The molecule has 18 heavy (non-hydrogen) atoms. The lowest BCUT2D eigenvalue weighted by molar-refractivity contribution is 0.0600. The predicted molar refractivity (Wildman–Crippen MR) is 66.7 cm³/mol. The highest BCUT2D eigenvalue weighted by molar-refractivity contribution is 7.90. The Morgan fingerprint density at radius 1 is 1.28 bits per heavy atom. The fourth-order valence-electron chi connectivity index (χ4n) is 1.39. The number of carbonyl (C=O) groups is 1. The van der Waals surface area contributed by atoms with Crippen LogP contribution in [0.5, 0.6) is 5.75 Å². The molecule has 0 saturated carbocycles. The van der Waals surface area contributed by atoms with Crippen LogP contribution >= 0.6 is 0 Å². The molecular weight excluding hydrogens is 256 g/mol. The first kappa shape index (κ1) is 14.5. The molecule has 0 aliphatic carbocycles. The third-order valence-electron chi connectivity index (χ3n) is 2.13. The van der Waals surface area contributed by atoms with E-state index in [-0.39, 0.29) is 22.3 Å². The maximum Gasteiger partial charge on any atom is 0.337 e. The molecule has 0 aliphatic heterocycles. The summed E-state index contributed by atoms with van der Waals surface area (Å²) in [6.45, 7) is 3.58. The number of carbonyl (C=O) groups excluding carboxylic acids is 1. The molecule has 0 aromatic heterocycles. The van der Waals surface area contributed by atoms with E-state index >= 15 is 0 Å². The van der Waals surface area contributed by atoms with E-state index in [1.165, 1.54) is 25.3 Å². The van der Waals surface area contributed by atoms with Gasteiger partial charge in [0.25, 0.3) is 0 Å². The van der Waals surface area contributed by atoms with Gasteiger partial charge in [0.2, 0.25) is 0 Å². The standard InChI is InChI=1S/C12H16O5S/c1-8(2)17-10-6-5-9(12(13)16-3)7-11(10)18(4,14)15/h5-8H,1-4H3. The lowest BCUT2D eigenvalue weighted by atomic mass is 10.2. The van der Waals surface area contributed by atoms with Gasteiger partial charge in [-0.3, -0.25) is 0 Å². The van der Waals surface area contributed by atoms with Crippen molar-refractivity contribution in [1.29, 1.82) is 0 Å². The molecule has 0 radical (unpaired) electrons. The summed E-state index contributed by atoms with van der Waals surface area (Å²) < 4.78 is 33.3. The SMILES string of the molecule is COC(=O)c1ccc(OC(C)C)c(S(C)(=O)=O)c1. The minimum absolute atomic E-state index is 0.0147. The lowest BCUT2D eigenvalue weighted by Crippen LogP contribution is -2.11. The molecule has 0 fully saturated rings. The maximum absolute atomic E-state index is 11.7. The van der Waals surface area contributed by atoms with Crippen LogP contribution in [0, 0.1) is 0 Å². The van der Waals surface area contributed by atoms with Crippen LogP contribution in [0.25, 0.3) is 0 Å². The Bertz CT molecular complexity index is 546. The third kappa shape index (κ3) is 3.46. The van der Waals surface area contributed by atoms with Crippen LogP contribution in [0.3, 0.4) is 0 Å². The number of sulfone groups is 1. The van der Waals surface area contributed by atoms with Gasteiger partial charge in [-0.05, 0) is 32.0 Å². The number of esters is 1. The van der Waals surface area contributed by atoms with Crippen molar-refractivity contribution in [1.82, 2.24) is 0 Å². The van der Waals surface area contributed by atoms with Crippen molar-refractivity contribution in [2.75, 3.05) is 13.4 Å². The zero-order valence-corrected chi connectivity index (χ0v) is 11.6. The van der Waals surface area contributed by atoms with Gasteiger partial charge in [0.15, 0.2) is 9.84 Å². The highest BCUT2D eigenvalue weighted by atomic mass is 32.2. The van der Waals surface area contributed by atoms with E-state index in [1.54, 1.807) is 13.8 Å². The van der Waals surface area contributed by atoms with Crippen LogP contribution in [-0.2, 0) is 14.6 Å². The van der Waals surface area contributed by atoms with Crippen LogP contribution in [0.2, 0.25) is 0 Å². The van der Waals surface area contributed by atoms with Crippen molar-refractivity contribution in [3.05, 3.63) is 23.8 Å². The highest BCUT2D eigenvalue weighted by Crippen LogP contribution is 2.26. The van der Waals surface area contributed by atoms with Gasteiger partial charge < -0.3 is 9.47 Å². The Morgan fingerprint density at radius 3 is 2.33 bits per heavy atom. The molecule has 6 heteroatoms. The summed E-state index contributed by atoms with van der Waals surface area (Å²) in [5.74, 6) is -0.351. The molecule has 0 amide bonds. The molecule has 1 rings (SSSR count). The van der Waals surface area contributed by atoms with Gasteiger partial charge in [-0.25, -0.2) is 13.2 Å². The first-order valence-electron chi connectivity index (χ1n) is 5.34. The maximum atomic E-state index is 11.7. The Labute approximate surface area is 107 Å². The number of hydrogen-bond acceptors (Lipinski definition) is 5. The molecule has 1 aromatic carbocycles. The van der Waals surface area contributed by atoms with Gasteiger partial charge >= 0.3 is 5.97 Å². The number of benzene rings is 1. The van der Waals surface area contributed by atoms with Crippen LogP contribution in [0.15, 0.2) is 23.1 Å². The van der Waals surface area contributed by atoms with E-state index in [4.69, 9.17) is 4.74 Å². The zero-order chi connectivity index (χ0) is 13.9. The predicted octanol–water partition coefficient (Wildman–Crippen LogP) is 1.66. The largest absolute Gasteiger partial charge is 0.490 e. The fraction of sp³-hybridized carbons (Fsp3) is 0.417. The Hall–Kier alpha value is -1.56. The minimum atomic E-state index is -3.48. The minimum Gasteiger partial charge on any atom is -0.490 e. The monoisotopic (exact) mass is 272 g/mol. The normalized spacial score (nSPS) is 11.4. The Balaban J connectivity index is 3.34. The van der Waals surface area contributed by atoms with Crippen molar-refractivity contribution in [2.45, 2.75) is 24.8 Å². The summed E-state index contributed by atoms with van der Waals surface area (Å²) in [7, 11) is -2.24. The van der Waals surface area contributed by atoms with Crippen LogP contribution in [0.4, 0.5) is 0 Å². The summed E-state index contributed by atoms with van der Waals surface area (Å²) in [5, 5.41) is 0. The van der Waals surface area contributed by atoms with Gasteiger partial charge in [-0.15, -0.1) is 0 Å². The second kappa shape index (κ2) is 5.39. The quantitative estimate of drug-likeness (QED) is 0.780. The Kier molecular flexibility index (Phi) is 4.34. The molecule has 0 N–H and O–H groups in total. The van der Waals surface area contributed by atoms with E-state index in [1.807, 2.05) is 0 Å². The molecular formula is C12H16O5S. The molecule has 0 unspecified atom stereocenters. The summed E-state index contributed by atoms with van der Waals surface area (Å²) in [6, 6.07) is 4.19. The van der Waals surface area contributed by atoms with E-state index in [9.17, 15) is 13.2 Å². The molecule has 0 atom stereocenters. The van der Waals surface area contributed by atoms with Crippen molar-refractivity contribution < 1.29 is 22.7 Å². The summed E-state index contributed by atoms with van der Waals surface area (Å²) in [4.78, 5) is 11.4. The van der Waals surface area contributed by atoms with Crippen molar-refractivity contribution in [3.8, 4) is 5.75 Å². The molecule has 0 saturated heterocycles. The number of ether oxygens (including phenoxy) is 2. The van der Waals surface area contributed by atoms with Crippen molar-refractivity contribution in [3.63, 3.8) is 0 Å². The first-order chi connectivity index (χ1) is 8.25. The van der Waals surface area contributed by atoms with Crippen molar-refractivity contribution >= 4 is 15.8 Å². The van der Waals surface area contributed by atoms with E-state index in [2.05, 4.69) is 4.74 Å². The van der Waals surface area contributed by atoms with E-state index in [0.29, 0.717) is 0 Å². The van der Waals surface area contributed by atoms with Gasteiger partial charge in [0.05, 0.1) is 18.8 Å². The average Bonchev–Trinajstić information content (AvgIpc) is 2.26. The lowest BCUT2D eigenvalue weighted by Gasteiger charge is -2.14. The van der Waals surface area contributed by atoms with Gasteiger partial charge in [0, 0.05) is 6.26 Å². The van der Waals surface area contributed by atoms with Crippen molar-refractivity contribution in [2.24, 2.45) is 0 Å². The topological polar surface area (TPSA) is 69.7 Å². The Morgan fingerprint density at radius 2 is 1.89 bits per heavy atom. The first-order valence-corrected chi connectivity index (χ1v) is 7.24. The zero-order valence-electron chi connectivity index (χ0n) is 10.8. The van der Waals surface area contributed by atoms with Crippen LogP contribution in [-0.4, -0.2) is 33.9 Å². The fourth-order valence-corrected chi connectivity index (χ4v) is 2.22. The molecule has 0 aliphatic rings. The van der Waals surface area contributed by atoms with E-state index in [0.717, 1.165) is 6.26 Å². The number of methoxy groups -OCH3 is 1. The average molecular weight is 272 g/mol. The summed E-state index contributed by atoms with van der Waals surface area (Å²) in [5.41, 5.74) is 0.175. The highest BCUT2D eigenvalue weighted by Gasteiger charge is 2.18. The van der Waals surface area contributed by atoms with Crippen LogP contribution in [0.1, 0.15) is 24.2 Å². The smallest absolute Gasteiger partial charge is 0.337 e. The van der Waals surface area contributed by atoms with Crippen LogP contribution < -0.4 is 4.74 Å². The summed E-state index contributed by atoms with van der Waals surface area (Å²) in [6.07, 6.45) is 0.908. The molecule has 0 spiro atoms. The molecule has 0 bridgehead atoms. The van der Waals surface area contributed by atoms with Gasteiger partial charge in [0.1, 0.15) is 10.6 Å². The molecule has 100 valence electrons. The summed E-state index contributed by atoms with van der Waals surface area (Å²) >= 11 is 0. The van der Waals surface area contributed by atoms with Gasteiger partial charge in [-0.2, -0.15) is 0 Å². The van der Waals surface area contributed by atoms with E-state index < -0.39 is 15.8 Å². The second-order valence-corrected chi connectivity index (χ2v) is 6.08. The third-order valence-corrected chi connectivity index (χ3v) is 3.24. The number of hydrogen-bond donors (Lipinski definition) is 0. The molecule has 5 nitrogen and oxygen atoms in total. The molecule has 1 aromatic rings.